The number of ether oxygens (including phenoxy) is 2. The molecule has 28 heavy (non-hydrogen) atoms. The lowest BCUT2D eigenvalue weighted by Gasteiger charge is -2.13. The Morgan fingerprint density at radius 2 is 1.93 bits per heavy atom. The lowest BCUT2D eigenvalue weighted by atomic mass is 10.2. The van der Waals surface area contributed by atoms with Crippen molar-refractivity contribution in [1.29, 1.82) is 5.26 Å². The van der Waals surface area contributed by atoms with Crippen LogP contribution in [-0.4, -0.2) is 32.3 Å². The van der Waals surface area contributed by atoms with Gasteiger partial charge in [0.1, 0.15) is 17.6 Å². The fourth-order valence-electron chi connectivity index (χ4n) is 2.17. The first kappa shape index (κ1) is 21.2. The molecule has 0 spiro atoms. The molecular formula is C18H15ClF3N3O3. The van der Waals surface area contributed by atoms with Gasteiger partial charge >= 0.3 is 6.18 Å². The molecule has 2 aromatic carbocycles. The van der Waals surface area contributed by atoms with Gasteiger partial charge in [0.05, 0.1) is 24.9 Å². The predicted molar refractivity (Wildman–Crippen MR) is 97.8 cm³/mol. The number of benzene rings is 2. The minimum Gasteiger partial charge on any atom is -0.495 e. The maximum atomic E-state index is 12.2. The minimum absolute atomic E-state index is 0.0915. The second-order valence-electron chi connectivity index (χ2n) is 5.47. The number of carbonyl (C=O) groups is 1. The van der Waals surface area contributed by atoms with Gasteiger partial charge in [0.25, 0.3) is 0 Å². The van der Waals surface area contributed by atoms with E-state index in [1.165, 1.54) is 31.4 Å². The second kappa shape index (κ2) is 9.19. The molecule has 10 heteroatoms. The van der Waals surface area contributed by atoms with Gasteiger partial charge in [0, 0.05) is 10.7 Å². The molecule has 0 atom stereocenters. The zero-order chi connectivity index (χ0) is 20.7. The largest absolute Gasteiger partial charge is 0.495 e. The van der Waals surface area contributed by atoms with Crippen molar-refractivity contribution in [3.63, 3.8) is 0 Å². The van der Waals surface area contributed by atoms with Gasteiger partial charge in [-0.25, -0.2) is 0 Å². The lowest BCUT2D eigenvalue weighted by molar-refractivity contribution is -0.153. The molecule has 2 rings (SSSR count). The first-order chi connectivity index (χ1) is 13.2. The standard InChI is InChI=1S/C18H15ClF3N3O3/c1-27-16-4-2-12(19)7-14(16)25-17(26)9-24-13-3-5-15(11(6-13)8-23)28-10-18(20,21)22/h2-7,24H,9-10H2,1H3,(H,25,26). The lowest BCUT2D eigenvalue weighted by Crippen LogP contribution is -2.22. The smallest absolute Gasteiger partial charge is 0.422 e. The number of hydrogen-bond donors (Lipinski definition) is 2. The normalized spacial score (nSPS) is 10.7. The van der Waals surface area contributed by atoms with E-state index in [4.69, 9.17) is 21.6 Å². The van der Waals surface area contributed by atoms with Crippen LogP contribution < -0.4 is 20.1 Å². The quantitative estimate of drug-likeness (QED) is 0.710. The molecule has 0 aliphatic heterocycles. The molecule has 0 aromatic heterocycles. The molecule has 0 heterocycles. The van der Waals surface area contributed by atoms with Crippen molar-refractivity contribution in [2.45, 2.75) is 6.18 Å². The van der Waals surface area contributed by atoms with Crippen LogP contribution in [0.4, 0.5) is 24.5 Å². The molecular weight excluding hydrogens is 399 g/mol. The maximum absolute atomic E-state index is 12.2. The maximum Gasteiger partial charge on any atom is 0.422 e. The van der Waals surface area contributed by atoms with Crippen LogP contribution in [0.5, 0.6) is 11.5 Å². The number of anilines is 2. The van der Waals surface area contributed by atoms with Crippen molar-refractivity contribution < 1.29 is 27.4 Å². The molecule has 0 aliphatic carbocycles. The van der Waals surface area contributed by atoms with Crippen LogP contribution in [-0.2, 0) is 4.79 Å². The fourth-order valence-corrected chi connectivity index (χ4v) is 2.34. The van der Waals surface area contributed by atoms with Crippen molar-refractivity contribution in [1.82, 2.24) is 0 Å². The molecule has 0 saturated carbocycles. The molecule has 0 radical (unpaired) electrons. The Labute approximate surface area is 163 Å². The summed E-state index contributed by atoms with van der Waals surface area (Å²) in [5.41, 5.74) is 0.658. The van der Waals surface area contributed by atoms with E-state index in [1.807, 2.05) is 0 Å². The van der Waals surface area contributed by atoms with E-state index in [2.05, 4.69) is 15.4 Å². The molecule has 0 unspecified atom stereocenters. The summed E-state index contributed by atoms with van der Waals surface area (Å²) in [7, 11) is 1.45. The Bertz CT molecular complexity index is 898. The number of alkyl halides is 3. The summed E-state index contributed by atoms with van der Waals surface area (Å²) in [5.74, 6) is -0.189. The molecule has 2 N–H and O–H groups in total. The summed E-state index contributed by atoms with van der Waals surface area (Å²) in [6, 6.07) is 10.4. The van der Waals surface area contributed by atoms with E-state index < -0.39 is 18.7 Å². The van der Waals surface area contributed by atoms with E-state index in [9.17, 15) is 18.0 Å². The molecule has 6 nitrogen and oxygen atoms in total. The monoisotopic (exact) mass is 413 g/mol. The van der Waals surface area contributed by atoms with Crippen molar-refractivity contribution in [3.05, 3.63) is 47.0 Å². The third kappa shape index (κ3) is 6.25. The molecule has 0 bridgehead atoms. The Kier molecular flexibility index (Phi) is 6.95. The molecule has 0 saturated heterocycles. The number of hydrogen-bond acceptors (Lipinski definition) is 5. The van der Waals surface area contributed by atoms with E-state index in [0.29, 0.717) is 22.1 Å². The summed E-state index contributed by atoms with van der Waals surface area (Å²) in [4.78, 5) is 12.1. The number of halogens is 4. The van der Waals surface area contributed by atoms with Crippen LogP contribution in [0.15, 0.2) is 36.4 Å². The Morgan fingerprint density at radius 1 is 1.21 bits per heavy atom. The van der Waals surface area contributed by atoms with Crippen molar-refractivity contribution >= 4 is 28.9 Å². The summed E-state index contributed by atoms with van der Waals surface area (Å²) in [6.45, 7) is -1.67. The highest BCUT2D eigenvalue weighted by molar-refractivity contribution is 6.31. The Morgan fingerprint density at radius 3 is 2.57 bits per heavy atom. The number of carbonyl (C=O) groups excluding carboxylic acids is 1. The van der Waals surface area contributed by atoms with Gasteiger partial charge in [-0.15, -0.1) is 0 Å². The van der Waals surface area contributed by atoms with E-state index >= 15 is 0 Å². The van der Waals surface area contributed by atoms with Crippen molar-refractivity contribution in [2.24, 2.45) is 0 Å². The molecule has 2 aromatic rings. The zero-order valence-corrected chi connectivity index (χ0v) is 15.3. The van der Waals surface area contributed by atoms with E-state index in [-0.39, 0.29) is 17.9 Å². The molecule has 0 fully saturated rings. The van der Waals surface area contributed by atoms with Gasteiger partial charge in [0.2, 0.25) is 5.91 Å². The first-order valence-corrected chi connectivity index (χ1v) is 8.20. The van der Waals surface area contributed by atoms with Crippen LogP contribution in [0, 0.1) is 11.3 Å². The summed E-state index contributed by atoms with van der Waals surface area (Å²) in [6.07, 6.45) is -4.51. The topological polar surface area (TPSA) is 83.4 Å². The van der Waals surface area contributed by atoms with Crippen LogP contribution in [0.3, 0.4) is 0 Å². The van der Waals surface area contributed by atoms with E-state index in [1.54, 1.807) is 18.2 Å². The molecule has 148 valence electrons. The van der Waals surface area contributed by atoms with Crippen LogP contribution >= 0.6 is 11.6 Å². The summed E-state index contributed by atoms with van der Waals surface area (Å²) in [5, 5.41) is 14.9. The number of methoxy groups -OCH3 is 1. The van der Waals surface area contributed by atoms with Crippen LogP contribution in [0.25, 0.3) is 0 Å². The number of nitrogens with zero attached hydrogens (tertiary/aromatic N) is 1. The van der Waals surface area contributed by atoms with Crippen LogP contribution in [0.2, 0.25) is 5.02 Å². The summed E-state index contributed by atoms with van der Waals surface area (Å²) >= 11 is 5.90. The van der Waals surface area contributed by atoms with Crippen LogP contribution in [0.1, 0.15) is 5.56 Å². The highest BCUT2D eigenvalue weighted by atomic mass is 35.5. The van der Waals surface area contributed by atoms with E-state index in [0.717, 1.165) is 0 Å². The number of rotatable bonds is 7. The third-order valence-electron chi connectivity index (χ3n) is 3.38. The zero-order valence-electron chi connectivity index (χ0n) is 14.6. The van der Waals surface area contributed by atoms with Gasteiger partial charge in [-0.2, -0.15) is 18.4 Å². The van der Waals surface area contributed by atoms with Gasteiger partial charge in [-0.05, 0) is 36.4 Å². The minimum atomic E-state index is -4.51. The first-order valence-electron chi connectivity index (χ1n) is 7.83. The molecule has 1 amide bonds. The number of nitrogens with one attached hydrogen (secondary N) is 2. The Hall–Kier alpha value is -3.12. The van der Waals surface area contributed by atoms with Gasteiger partial charge in [-0.1, -0.05) is 11.6 Å². The third-order valence-corrected chi connectivity index (χ3v) is 3.62. The van der Waals surface area contributed by atoms with Gasteiger partial charge in [-0.3, -0.25) is 4.79 Å². The van der Waals surface area contributed by atoms with Gasteiger partial charge in [0.15, 0.2) is 6.61 Å². The van der Waals surface area contributed by atoms with Crippen molar-refractivity contribution in [3.8, 4) is 17.6 Å². The fraction of sp³-hybridized carbons (Fsp3) is 0.222. The second-order valence-corrected chi connectivity index (χ2v) is 5.91. The number of amides is 1. The SMILES string of the molecule is COc1ccc(Cl)cc1NC(=O)CNc1ccc(OCC(F)(F)F)c(C#N)c1. The van der Waals surface area contributed by atoms with Gasteiger partial charge < -0.3 is 20.1 Å². The van der Waals surface area contributed by atoms with Crippen molar-refractivity contribution in [2.75, 3.05) is 30.9 Å². The number of nitriles is 1. The molecule has 0 aliphatic rings. The average Bonchev–Trinajstić information content (AvgIpc) is 2.64. The summed E-state index contributed by atoms with van der Waals surface area (Å²) < 4.78 is 46.5. The average molecular weight is 414 g/mol. The highest BCUT2D eigenvalue weighted by Gasteiger charge is 2.28. The highest BCUT2D eigenvalue weighted by Crippen LogP contribution is 2.28. The Balaban J connectivity index is 2.00. The predicted octanol–water partition coefficient (Wildman–Crippen LogP) is 4.21.